The zero-order chi connectivity index (χ0) is 54.9. The molecule has 0 fully saturated rings. The zero-order valence-corrected chi connectivity index (χ0v) is 40.3. The summed E-state index contributed by atoms with van der Waals surface area (Å²) in [5.74, 6) is -1.43. The molecule has 10 nitrogen and oxygen atoms in total. The van der Waals surface area contributed by atoms with Gasteiger partial charge in [0.2, 0.25) is 0 Å². The molecule has 20 heteroatoms. The molecule has 0 saturated carbocycles. The Morgan fingerprint density at radius 3 is 1.12 bits per heavy atom. The van der Waals surface area contributed by atoms with Crippen LogP contribution in [0.5, 0.6) is 23.0 Å². The van der Waals surface area contributed by atoms with E-state index < -0.39 is 60.5 Å². The number of esters is 2. The molecule has 0 atom stereocenters. The van der Waals surface area contributed by atoms with Crippen molar-refractivity contribution in [2.45, 2.75) is 76.3 Å². The number of unbranched alkanes of at least 4 members (excludes halogenated alkanes) is 2. The van der Waals surface area contributed by atoms with Gasteiger partial charge >= 0.3 is 36.5 Å². The largest absolute Gasteiger partial charge is 0.494 e. The second-order valence-corrected chi connectivity index (χ2v) is 17.0. The van der Waals surface area contributed by atoms with Crippen molar-refractivity contribution in [2.24, 2.45) is 0 Å². The number of anilines is 2. The van der Waals surface area contributed by atoms with Gasteiger partial charge in [0.05, 0.1) is 24.3 Å². The zero-order valence-electron chi connectivity index (χ0n) is 40.3. The predicted octanol–water partition coefficient (Wildman–Crippen LogP) is 14.5. The molecule has 0 spiro atoms. The molecule has 0 aromatic heterocycles. The number of rotatable bonds is 25. The van der Waals surface area contributed by atoms with E-state index in [2.05, 4.69) is 0 Å². The van der Waals surface area contributed by atoms with E-state index in [1.807, 2.05) is 0 Å². The first-order chi connectivity index (χ1) is 36.0. The van der Waals surface area contributed by atoms with Crippen LogP contribution in [-0.2, 0) is 44.5 Å². The van der Waals surface area contributed by atoms with E-state index in [1.54, 1.807) is 36.4 Å². The van der Waals surface area contributed by atoms with Crippen LogP contribution in [0.1, 0.15) is 71.9 Å². The van der Waals surface area contributed by atoms with Gasteiger partial charge in [0.25, 0.3) is 0 Å². The van der Waals surface area contributed by atoms with Gasteiger partial charge in [0, 0.05) is 36.4 Å². The standard InChI is InChI=1S/C56H50F10N2O8/c57-53(58,59)29-1-3-31-71-45-21-11-41(12-22-45)55(63,64)75-47-17-5-37(6-18-47)9-27-51(69)73-35-39-33-43(67)15-25-49(39)50-26-16-44(68)34-40(50)36-74-52(70)28-10-38-7-19-48(20-8-38)76-56(65,66)42-13-23-46(24-14-42)72-32-4-2-30-54(60,61)62/h5-28,33-34H,1-4,29-32,35-36,67-68H2/b27-9+,28-10+. The van der Waals surface area contributed by atoms with Gasteiger partial charge in [-0.2, -0.15) is 43.9 Å². The molecule has 4 N–H and O–H groups in total. The third-order valence-corrected chi connectivity index (χ3v) is 11.0. The molecule has 0 aliphatic carbocycles. The molecular formula is C56H50F10N2O8. The van der Waals surface area contributed by atoms with E-state index >= 15 is 0 Å². The van der Waals surface area contributed by atoms with Crippen LogP contribution in [0.3, 0.4) is 0 Å². The van der Waals surface area contributed by atoms with Crippen LogP contribution in [-0.4, -0.2) is 37.5 Å². The maximum absolute atomic E-state index is 15.0. The fourth-order valence-corrected chi connectivity index (χ4v) is 7.15. The first-order valence-corrected chi connectivity index (χ1v) is 23.4. The van der Waals surface area contributed by atoms with Gasteiger partial charge in [-0.15, -0.1) is 0 Å². The first kappa shape index (κ1) is 57.1. The van der Waals surface area contributed by atoms with Gasteiger partial charge in [-0.05, 0) is 168 Å². The molecule has 0 bridgehead atoms. The Bertz CT molecular complexity index is 2710. The van der Waals surface area contributed by atoms with Crippen molar-refractivity contribution in [3.63, 3.8) is 0 Å². The van der Waals surface area contributed by atoms with Crippen LogP contribution < -0.4 is 30.4 Å². The highest BCUT2D eigenvalue weighted by atomic mass is 19.4. The monoisotopic (exact) mass is 1070 g/mol. The molecule has 0 heterocycles. The van der Waals surface area contributed by atoms with Crippen molar-refractivity contribution in [1.82, 2.24) is 0 Å². The van der Waals surface area contributed by atoms with Crippen molar-refractivity contribution < 1.29 is 81.9 Å². The molecule has 0 radical (unpaired) electrons. The van der Waals surface area contributed by atoms with Crippen LogP contribution >= 0.6 is 0 Å². The van der Waals surface area contributed by atoms with E-state index in [-0.39, 0.29) is 75.1 Å². The summed E-state index contributed by atoms with van der Waals surface area (Å²) >= 11 is 0. The first-order valence-electron chi connectivity index (χ1n) is 23.4. The SMILES string of the molecule is Nc1ccc(-c2ccc(N)cc2COC(=O)/C=C/c2ccc(OC(F)(F)c3ccc(OCCCCC(F)(F)F)cc3)cc2)c(COC(=O)/C=C/c2ccc(OC(F)(F)c3ccc(OCCCCC(F)(F)F)cc3)cc2)c1. The van der Waals surface area contributed by atoms with Gasteiger partial charge in [-0.25, -0.2) is 9.59 Å². The van der Waals surface area contributed by atoms with Crippen molar-refractivity contribution in [2.75, 3.05) is 24.7 Å². The highest BCUT2D eigenvalue weighted by molar-refractivity contribution is 5.88. The van der Waals surface area contributed by atoms with Crippen LogP contribution in [0.4, 0.5) is 55.3 Å². The van der Waals surface area contributed by atoms with E-state index in [0.717, 1.165) is 36.4 Å². The van der Waals surface area contributed by atoms with Crippen LogP contribution in [0.25, 0.3) is 23.3 Å². The summed E-state index contributed by atoms with van der Waals surface area (Å²) in [6.45, 7) is -0.492. The van der Waals surface area contributed by atoms with E-state index in [9.17, 15) is 53.5 Å². The van der Waals surface area contributed by atoms with Crippen LogP contribution in [0.2, 0.25) is 0 Å². The van der Waals surface area contributed by atoms with Crippen molar-refractivity contribution in [1.29, 1.82) is 0 Å². The summed E-state index contributed by atoms with van der Waals surface area (Å²) in [6, 6.07) is 30.2. The smallest absolute Gasteiger partial charge is 0.426 e. The van der Waals surface area contributed by atoms with E-state index in [4.69, 9.17) is 39.9 Å². The van der Waals surface area contributed by atoms with Gasteiger partial charge in [0.1, 0.15) is 36.2 Å². The molecule has 6 aromatic carbocycles. The fraction of sp³-hybridized carbons (Fsp3) is 0.250. The van der Waals surface area contributed by atoms with Crippen LogP contribution in [0, 0.1) is 0 Å². The summed E-state index contributed by atoms with van der Waals surface area (Å²) in [6.07, 6.45) is -12.8. The Balaban J connectivity index is 0.977. The second kappa shape index (κ2) is 25.9. The van der Waals surface area contributed by atoms with Crippen LogP contribution in [0.15, 0.2) is 146 Å². The third-order valence-electron chi connectivity index (χ3n) is 11.0. The topological polar surface area (TPSA) is 142 Å². The summed E-state index contributed by atoms with van der Waals surface area (Å²) in [5.41, 5.74) is 15.0. The third kappa shape index (κ3) is 18.6. The van der Waals surface area contributed by atoms with Crippen molar-refractivity contribution >= 4 is 35.5 Å². The number of hydrogen-bond acceptors (Lipinski definition) is 10. The number of nitrogens with two attached hydrogens (primary N) is 2. The lowest BCUT2D eigenvalue weighted by atomic mass is 9.95. The molecule has 402 valence electrons. The number of nitrogen functional groups attached to an aromatic ring is 2. The highest BCUT2D eigenvalue weighted by Crippen LogP contribution is 2.36. The average molecular weight is 1070 g/mol. The van der Waals surface area contributed by atoms with E-state index in [1.165, 1.54) is 84.9 Å². The summed E-state index contributed by atoms with van der Waals surface area (Å²) in [7, 11) is 0. The Morgan fingerprint density at radius 2 is 0.776 bits per heavy atom. The Morgan fingerprint density at radius 1 is 0.434 bits per heavy atom. The minimum atomic E-state index is -4.26. The number of hydrogen-bond donors (Lipinski definition) is 2. The predicted molar refractivity (Wildman–Crippen MR) is 264 cm³/mol. The van der Waals surface area contributed by atoms with Crippen molar-refractivity contribution in [3.8, 4) is 34.1 Å². The maximum atomic E-state index is 15.0. The lowest BCUT2D eigenvalue weighted by molar-refractivity contribution is -0.186. The Kier molecular flexibility index (Phi) is 19.4. The van der Waals surface area contributed by atoms with Gasteiger partial charge in [0.15, 0.2) is 0 Å². The quantitative estimate of drug-likeness (QED) is 0.0187. The Labute approximate surface area is 430 Å². The molecule has 0 amide bonds. The lowest BCUT2D eigenvalue weighted by Crippen LogP contribution is -2.21. The molecule has 0 aliphatic heterocycles. The molecule has 0 aliphatic rings. The molecular weight excluding hydrogens is 1020 g/mol. The molecule has 6 aromatic rings. The minimum absolute atomic E-state index is 0.00799. The number of benzene rings is 6. The molecule has 76 heavy (non-hydrogen) atoms. The van der Waals surface area contributed by atoms with Gasteiger partial charge in [-0.3, -0.25) is 0 Å². The number of carbonyl (C=O) groups is 2. The Hall–Kier alpha value is -8.16. The molecule has 0 unspecified atom stereocenters. The summed E-state index contributed by atoms with van der Waals surface area (Å²) in [5, 5.41) is 0. The minimum Gasteiger partial charge on any atom is -0.494 e. The highest BCUT2D eigenvalue weighted by Gasteiger charge is 2.36. The van der Waals surface area contributed by atoms with E-state index in [0.29, 0.717) is 44.8 Å². The second-order valence-electron chi connectivity index (χ2n) is 17.0. The van der Waals surface area contributed by atoms with Gasteiger partial charge < -0.3 is 39.9 Å². The fourth-order valence-electron chi connectivity index (χ4n) is 7.15. The maximum Gasteiger partial charge on any atom is 0.426 e. The number of ether oxygens (including phenoxy) is 6. The summed E-state index contributed by atoms with van der Waals surface area (Å²) < 4.78 is 165. The molecule has 0 saturated heterocycles. The number of halogens is 10. The molecule has 6 rings (SSSR count). The normalized spacial score (nSPS) is 12.2. The average Bonchev–Trinajstić information content (AvgIpc) is 3.37. The number of alkyl halides is 10. The van der Waals surface area contributed by atoms with Gasteiger partial charge in [-0.1, -0.05) is 36.4 Å². The lowest BCUT2D eigenvalue weighted by Gasteiger charge is -2.18. The van der Waals surface area contributed by atoms with Crippen molar-refractivity contribution in [3.05, 3.63) is 179 Å². The summed E-state index contributed by atoms with van der Waals surface area (Å²) in [4.78, 5) is 25.7. The number of carbonyl (C=O) groups excluding carboxylic acids is 2.